The Morgan fingerprint density at radius 2 is 1.95 bits per heavy atom. The lowest BCUT2D eigenvalue weighted by Gasteiger charge is -2.10. The van der Waals surface area contributed by atoms with Crippen LogP contribution >= 0.6 is 0 Å². The summed E-state index contributed by atoms with van der Waals surface area (Å²) in [6.45, 7) is 3.74. The van der Waals surface area contributed by atoms with Gasteiger partial charge in [-0.25, -0.2) is 9.78 Å². The first-order valence-electron chi connectivity index (χ1n) is 6.71. The van der Waals surface area contributed by atoms with E-state index in [1.165, 1.54) is 6.07 Å². The van der Waals surface area contributed by atoms with Crippen LogP contribution < -0.4 is 11.4 Å². The third-order valence-electron chi connectivity index (χ3n) is 3.48. The lowest BCUT2D eigenvalue weighted by molar-refractivity contribution is 0.561. The third-order valence-corrected chi connectivity index (χ3v) is 3.48. The average molecular weight is 291 g/mol. The second-order valence-electron chi connectivity index (χ2n) is 5.16. The van der Waals surface area contributed by atoms with Crippen molar-refractivity contribution in [3.05, 3.63) is 57.6 Å². The minimum atomic E-state index is -0.469. The highest BCUT2D eigenvalue weighted by atomic mass is 16.4. The van der Waals surface area contributed by atoms with Crippen molar-refractivity contribution in [2.45, 2.75) is 13.8 Å². The van der Waals surface area contributed by atoms with E-state index >= 15 is 0 Å². The van der Waals surface area contributed by atoms with Gasteiger partial charge in [-0.05, 0) is 32.0 Å². The molecule has 0 amide bonds. The molecule has 2 heterocycles. The first-order valence-corrected chi connectivity index (χ1v) is 6.71. The molecule has 0 aliphatic carbocycles. The Bertz CT molecular complexity index is 997. The SMILES string of the molecule is Cc1ccc2oc(=O)cc(-c3cc(C)nc(N)c3C#N)c2c1. The molecular formula is C17H13N3O2. The Morgan fingerprint density at radius 3 is 2.68 bits per heavy atom. The number of nitrogens with zero attached hydrogens (tertiary/aromatic N) is 2. The summed E-state index contributed by atoms with van der Waals surface area (Å²) in [5, 5.41) is 10.1. The van der Waals surface area contributed by atoms with Crippen LogP contribution in [0.1, 0.15) is 16.8 Å². The smallest absolute Gasteiger partial charge is 0.336 e. The normalized spacial score (nSPS) is 10.6. The molecular weight excluding hydrogens is 278 g/mol. The van der Waals surface area contributed by atoms with Crippen LogP contribution in [0.4, 0.5) is 5.82 Å². The van der Waals surface area contributed by atoms with Crippen molar-refractivity contribution in [2.75, 3.05) is 5.73 Å². The zero-order valence-corrected chi connectivity index (χ0v) is 12.2. The Morgan fingerprint density at radius 1 is 1.18 bits per heavy atom. The number of anilines is 1. The van der Waals surface area contributed by atoms with E-state index in [9.17, 15) is 10.1 Å². The molecule has 108 valence electrons. The first-order chi connectivity index (χ1) is 10.5. The van der Waals surface area contributed by atoms with Crippen molar-refractivity contribution in [3.63, 3.8) is 0 Å². The first kappa shape index (κ1) is 13.8. The van der Waals surface area contributed by atoms with E-state index in [4.69, 9.17) is 10.2 Å². The van der Waals surface area contributed by atoms with E-state index in [0.29, 0.717) is 22.4 Å². The third kappa shape index (κ3) is 2.21. The van der Waals surface area contributed by atoms with Crippen molar-refractivity contribution >= 4 is 16.8 Å². The molecule has 0 aliphatic rings. The number of rotatable bonds is 1. The van der Waals surface area contributed by atoms with Crippen molar-refractivity contribution in [1.82, 2.24) is 4.98 Å². The van der Waals surface area contributed by atoms with Gasteiger partial charge in [0.25, 0.3) is 0 Å². The summed E-state index contributed by atoms with van der Waals surface area (Å²) in [7, 11) is 0. The lowest BCUT2D eigenvalue weighted by Crippen LogP contribution is -2.03. The molecule has 0 radical (unpaired) electrons. The number of nitriles is 1. The monoisotopic (exact) mass is 291 g/mol. The fourth-order valence-corrected chi connectivity index (χ4v) is 2.53. The van der Waals surface area contributed by atoms with E-state index in [-0.39, 0.29) is 11.4 Å². The minimum absolute atomic E-state index is 0.159. The summed E-state index contributed by atoms with van der Waals surface area (Å²) in [5.74, 6) is 0.159. The molecule has 0 saturated carbocycles. The van der Waals surface area contributed by atoms with Crippen LogP contribution in [-0.4, -0.2) is 4.98 Å². The van der Waals surface area contributed by atoms with E-state index in [1.807, 2.05) is 19.1 Å². The minimum Gasteiger partial charge on any atom is -0.423 e. The number of nitrogens with two attached hydrogens (primary N) is 1. The summed E-state index contributed by atoms with van der Waals surface area (Å²) in [6.07, 6.45) is 0. The molecule has 5 nitrogen and oxygen atoms in total. The molecule has 3 aromatic rings. The van der Waals surface area contributed by atoms with Crippen molar-refractivity contribution < 1.29 is 4.42 Å². The highest BCUT2D eigenvalue weighted by molar-refractivity contribution is 5.95. The zero-order valence-electron chi connectivity index (χ0n) is 12.2. The number of hydrogen-bond acceptors (Lipinski definition) is 5. The number of fused-ring (bicyclic) bond motifs is 1. The summed E-state index contributed by atoms with van der Waals surface area (Å²) >= 11 is 0. The Balaban J connectivity index is 2.48. The van der Waals surface area contributed by atoms with Gasteiger partial charge in [0.2, 0.25) is 0 Å². The van der Waals surface area contributed by atoms with E-state index in [1.54, 1.807) is 19.1 Å². The number of aryl methyl sites for hydroxylation is 2. The van der Waals surface area contributed by atoms with Gasteiger partial charge >= 0.3 is 5.63 Å². The highest BCUT2D eigenvalue weighted by Gasteiger charge is 2.15. The largest absolute Gasteiger partial charge is 0.423 e. The molecule has 0 spiro atoms. The maximum Gasteiger partial charge on any atom is 0.336 e. The number of pyridine rings is 1. The van der Waals surface area contributed by atoms with Gasteiger partial charge in [0.1, 0.15) is 23.0 Å². The molecule has 22 heavy (non-hydrogen) atoms. The number of hydrogen-bond donors (Lipinski definition) is 1. The summed E-state index contributed by atoms with van der Waals surface area (Å²) < 4.78 is 5.23. The van der Waals surface area contributed by atoms with Gasteiger partial charge in [-0.3, -0.25) is 0 Å². The van der Waals surface area contributed by atoms with Crippen LogP contribution in [0.25, 0.3) is 22.1 Å². The molecule has 0 bridgehead atoms. The van der Waals surface area contributed by atoms with Gasteiger partial charge in [0, 0.05) is 28.3 Å². The standard InChI is InChI=1S/C17H13N3O2/c1-9-3-4-15-13(5-9)12(7-16(21)22-15)11-6-10(2)20-17(19)14(11)8-18/h3-7H,1-2H3,(H2,19,20). The second kappa shape index (κ2) is 5.01. The van der Waals surface area contributed by atoms with Gasteiger partial charge < -0.3 is 10.2 Å². The number of nitrogen functional groups attached to an aromatic ring is 1. The number of benzene rings is 1. The van der Waals surface area contributed by atoms with Crippen LogP contribution in [0.15, 0.2) is 39.5 Å². The predicted octanol–water partition coefficient (Wildman–Crippen LogP) is 2.93. The quantitative estimate of drug-likeness (QED) is 0.696. The van der Waals surface area contributed by atoms with Gasteiger partial charge in [-0.15, -0.1) is 0 Å². The average Bonchev–Trinajstić information content (AvgIpc) is 2.46. The van der Waals surface area contributed by atoms with Crippen LogP contribution in [0.2, 0.25) is 0 Å². The Hall–Kier alpha value is -3.13. The lowest BCUT2D eigenvalue weighted by atomic mass is 9.97. The maximum atomic E-state index is 11.8. The topological polar surface area (TPSA) is 92.9 Å². The Kier molecular flexibility index (Phi) is 3.15. The molecule has 0 saturated heterocycles. The van der Waals surface area contributed by atoms with Gasteiger partial charge in [0.15, 0.2) is 0 Å². The second-order valence-corrected chi connectivity index (χ2v) is 5.16. The van der Waals surface area contributed by atoms with Crippen LogP contribution in [0.5, 0.6) is 0 Å². The maximum absolute atomic E-state index is 11.8. The molecule has 3 rings (SSSR count). The van der Waals surface area contributed by atoms with E-state index < -0.39 is 5.63 Å². The molecule has 0 fully saturated rings. The molecule has 0 aliphatic heterocycles. The molecule has 1 aromatic carbocycles. The molecule has 5 heteroatoms. The van der Waals surface area contributed by atoms with Crippen LogP contribution in [-0.2, 0) is 0 Å². The molecule has 0 unspecified atom stereocenters. The fraction of sp³-hybridized carbons (Fsp3) is 0.118. The van der Waals surface area contributed by atoms with Crippen LogP contribution in [0, 0.1) is 25.2 Å². The summed E-state index contributed by atoms with van der Waals surface area (Å²) in [6, 6.07) is 10.7. The highest BCUT2D eigenvalue weighted by Crippen LogP contribution is 2.32. The molecule has 0 atom stereocenters. The summed E-state index contributed by atoms with van der Waals surface area (Å²) in [4.78, 5) is 15.9. The zero-order chi connectivity index (χ0) is 15.9. The molecule has 2 N–H and O–H groups in total. The Labute approximate surface area is 126 Å². The predicted molar refractivity (Wildman–Crippen MR) is 84.3 cm³/mol. The van der Waals surface area contributed by atoms with Gasteiger partial charge in [-0.1, -0.05) is 11.6 Å². The van der Waals surface area contributed by atoms with Crippen molar-refractivity contribution in [2.24, 2.45) is 0 Å². The number of aromatic nitrogens is 1. The van der Waals surface area contributed by atoms with Crippen molar-refractivity contribution in [3.8, 4) is 17.2 Å². The van der Waals surface area contributed by atoms with E-state index in [2.05, 4.69) is 11.1 Å². The van der Waals surface area contributed by atoms with Crippen LogP contribution in [0.3, 0.4) is 0 Å². The van der Waals surface area contributed by atoms with Gasteiger partial charge in [-0.2, -0.15) is 5.26 Å². The van der Waals surface area contributed by atoms with Crippen molar-refractivity contribution in [1.29, 1.82) is 5.26 Å². The summed E-state index contributed by atoms with van der Waals surface area (Å²) in [5.41, 5.74) is 9.05. The fourth-order valence-electron chi connectivity index (χ4n) is 2.53. The van der Waals surface area contributed by atoms with Gasteiger partial charge in [0.05, 0.1) is 0 Å². The van der Waals surface area contributed by atoms with E-state index in [0.717, 1.165) is 10.9 Å². The molecule has 2 aromatic heterocycles.